The molecule has 0 spiro atoms. The highest BCUT2D eigenvalue weighted by Gasteiger charge is 2.14. The molecule has 0 saturated heterocycles. The summed E-state index contributed by atoms with van der Waals surface area (Å²) >= 11 is 5.48. The van der Waals surface area contributed by atoms with Gasteiger partial charge in [0.1, 0.15) is 18.5 Å². The van der Waals surface area contributed by atoms with E-state index < -0.39 is 6.10 Å². The fourth-order valence-electron chi connectivity index (χ4n) is 1.38. The Morgan fingerprint density at radius 3 is 2.06 bits per heavy atom. The van der Waals surface area contributed by atoms with E-state index in [1.54, 1.807) is 12.1 Å². The average Bonchev–Trinajstić information content (AvgIpc) is 2.43. The Hall–Kier alpha value is -1.33. The third-order valence-electron chi connectivity index (χ3n) is 2.26. The van der Waals surface area contributed by atoms with Gasteiger partial charge in [-0.2, -0.15) is 0 Å². The molecule has 1 aromatic carbocycles. The minimum absolute atomic E-state index is 0.0993. The Balaban J connectivity index is 2.93. The number of hydrogen-bond acceptors (Lipinski definition) is 5. The van der Waals surface area contributed by atoms with Crippen molar-refractivity contribution in [1.29, 1.82) is 0 Å². The highest BCUT2D eigenvalue weighted by atomic mass is 35.5. The second kappa shape index (κ2) is 7.18. The molecule has 0 bridgehead atoms. The SMILES string of the molecule is COc1cc(OCC(O)CCl)cc(OC)c1OC. The third kappa shape index (κ3) is 3.58. The summed E-state index contributed by atoms with van der Waals surface area (Å²) in [5, 5.41) is 9.33. The zero-order valence-electron chi connectivity index (χ0n) is 10.6. The molecule has 18 heavy (non-hydrogen) atoms. The largest absolute Gasteiger partial charge is 0.493 e. The number of rotatable bonds is 7. The van der Waals surface area contributed by atoms with Crippen molar-refractivity contribution in [3.63, 3.8) is 0 Å². The maximum atomic E-state index is 9.33. The predicted molar refractivity (Wildman–Crippen MR) is 68.3 cm³/mol. The first-order chi connectivity index (χ1) is 8.65. The summed E-state index contributed by atoms with van der Waals surface area (Å²) < 4.78 is 20.9. The summed E-state index contributed by atoms with van der Waals surface area (Å²) in [6.07, 6.45) is -0.717. The molecular weight excluding hydrogens is 260 g/mol. The molecule has 5 nitrogen and oxygen atoms in total. The van der Waals surface area contributed by atoms with E-state index in [0.717, 1.165) is 0 Å². The molecule has 1 atom stereocenters. The first kappa shape index (κ1) is 14.7. The maximum Gasteiger partial charge on any atom is 0.203 e. The van der Waals surface area contributed by atoms with Gasteiger partial charge in [-0.1, -0.05) is 0 Å². The van der Waals surface area contributed by atoms with Crippen LogP contribution in [0.25, 0.3) is 0 Å². The van der Waals surface area contributed by atoms with Crippen LogP contribution in [0.4, 0.5) is 0 Å². The van der Waals surface area contributed by atoms with E-state index in [9.17, 15) is 5.11 Å². The van der Waals surface area contributed by atoms with Gasteiger partial charge in [-0.3, -0.25) is 0 Å². The van der Waals surface area contributed by atoms with Crippen molar-refractivity contribution in [3.05, 3.63) is 12.1 Å². The molecule has 0 aliphatic heterocycles. The van der Waals surface area contributed by atoms with Crippen molar-refractivity contribution in [2.45, 2.75) is 6.10 Å². The van der Waals surface area contributed by atoms with E-state index in [1.807, 2.05) is 0 Å². The van der Waals surface area contributed by atoms with Crippen LogP contribution in [-0.4, -0.2) is 45.0 Å². The van der Waals surface area contributed by atoms with E-state index in [0.29, 0.717) is 23.0 Å². The van der Waals surface area contributed by atoms with E-state index in [-0.39, 0.29) is 12.5 Å². The predicted octanol–water partition coefficient (Wildman–Crippen LogP) is 1.69. The molecule has 0 fully saturated rings. The van der Waals surface area contributed by atoms with Crippen molar-refractivity contribution in [2.75, 3.05) is 33.8 Å². The minimum Gasteiger partial charge on any atom is -0.493 e. The topological polar surface area (TPSA) is 57.2 Å². The Morgan fingerprint density at radius 1 is 1.11 bits per heavy atom. The highest BCUT2D eigenvalue weighted by molar-refractivity contribution is 6.18. The smallest absolute Gasteiger partial charge is 0.203 e. The van der Waals surface area contributed by atoms with Crippen LogP contribution in [0.2, 0.25) is 0 Å². The molecule has 0 aliphatic rings. The highest BCUT2D eigenvalue weighted by Crippen LogP contribution is 2.40. The molecule has 1 unspecified atom stereocenters. The van der Waals surface area contributed by atoms with Crippen LogP contribution in [-0.2, 0) is 0 Å². The van der Waals surface area contributed by atoms with E-state index in [4.69, 9.17) is 30.5 Å². The van der Waals surface area contributed by atoms with Crippen molar-refractivity contribution < 1.29 is 24.1 Å². The van der Waals surface area contributed by atoms with E-state index >= 15 is 0 Å². The summed E-state index contributed by atoms with van der Waals surface area (Å²) in [6.45, 7) is 0.0993. The standard InChI is InChI=1S/C12H17ClO5/c1-15-10-4-9(18-7-8(14)6-13)5-11(16-2)12(10)17-3/h4-5,8,14H,6-7H2,1-3H3. The fraction of sp³-hybridized carbons (Fsp3) is 0.500. The van der Waals surface area contributed by atoms with Crippen molar-refractivity contribution in [2.24, 2.45) is 0 Å². The molecule has 0 heterocycles. The van der Waals surface area contributed by atoms with Crippen LogP contribution >= 0.6 is 11.6 Å². The Kier molecular flexibility index (Phi) is 5.88. The number of halogens is 1. The monoisotopic (exact) mass is 276 g/mol. The molecule has 0 aromatic heterocycles. The lowest BCUT2D eigenvalue weighted by Crippen LogP contribution is -2.18. The van der Waals surface area contributed by atoms with Gasteiger partial charge >= 0.3 is 0 Å². The molecule has 0 amide bonds. The Labute approximate surface area is 111 Å². The number of alkyl halides is 1. The molecule has 1 aromatic rings. The molecule has 0 aliphatic carbocycles. The lowest BCUT2D eigenvalue weighted by Gasteiger charge is -2.15. The van der Waals surface area contributed by atoms with Gasteiger partial charge in [-0.15, -0.1) is 11.6 Å². The number of aliphatic hydroxyl groups is 1. The second-order valence-corrected chi connectivity index (χ2v) is 3.79. The Bertz CT molecular complexity index is 358. The number of methoxy groups -OCH3 is 3. The van der Waals surface area contributed by atoms with Gasteiger partial charge < -0.3 is 24.1 Å². The van der Waals surface area contributed by atoms with Crippen molar-refractivity contribution >= 4 is 11.6 Å². The number of hydrogen-bond donors (Lipinski definition) is 1. The third-order valence-corrected chi connectivity index (χ3v) is 2.61. The quantitative estimate of drug-likeness (QED) is 0.768. The van der Waals surface area contributed by atoms with Gasteiger partial charge in [0.25, 0.3) is 0 Å². The molecule has 102 valence electrons. The van der Waals surface area contributed by atoms with Gasteiger partial charge in [-0.25, -0.2) is 0 Å². The van der Waals surface area contributed by atoms with Crippen LogP contribution in [0.3, 0.4) is 0 Å². The van der Waals surface area contributed by atoms with Gasteiger partial charge in [0.15, 0.2) is 11.5 Å². The van der Waals surface area contributed by atoms with Crippen LogP contribution in [0.15, 0.2) is 12.1 Å². The molecule has 1 N–H and O–H groups in total. The lowest BCUT2D eigenvalue weighted by molar-refractivity contribution is 0.125. The summed E-state index contributed by atoms with van der Waals surface area (Å²) in [5.74, 6) is 2.10. The van der Waals surface area contributed by atoms with Gasteiger partial charge in [0.2, 0.25) is 5.75 Å². The van der Waals surface area contributed by atoms with Crippen LogP contribution < -0.4 is 18.9 Å². The molecular formula is C12H17ClO5. The zero-order chi connectivity index (χ0) is 13.5. The van der Waals surface area contributed by atoms with Gasteiger partial charge in [0, 0.05) is 12.1 Å². The lowest BCUT2D eigenvalue weighted by atomic mass is 10.2. The van der Waals surface area contributed by atoms with Crippen LogP contribution in [0, 0.1) is 0 Å². The number of benzene rings is 1. The van der Waals surface area contributed by atoms with Gasteiger partial charge in [-0.05, 0) is 0 Å². The van der Waals surface area contributed by atoms with Crippen LogP contribution in [0.1, 0.15) is 0 Å². The summed E-state index contributed by atoms with van der Waals surface area (Å²) in [5.41, 5.74) is 0. The van der Waals surface area contributed by atoms with Crippen LogP contribution in [0.5, 0.6) is 23.0 Å². The molecule has 0 saturated carbocycles. The maximum absolute atomic E-state index is 9.33. The number of aliphatic hydroxyl groups excluding tert-OH is 1. The van der Waals surface area contributed by atoms with E-state index in [1.165, 1.54) is 21.3 Å². The van der Waals surface area contributed by atoms with Crippen molar-refractivity contribution in [3.8, 4) is 23.0 Å². The first-order valence-corrected chi connectivity index (χ1v) is 5.86. The minimum atomic E-state index is -0.717. The summed E-state index contributed by atoms with van der Waals surface area (Å²) in [4.78, 5) is 0. The Morgan fingerprint density at radius 2 is 1.67 bits per heavy atom. The molecule has 1 rings (SSSR count). The van der Waals surface area contributed by atoms with E-state index in [2.05, 4.69) is 0 Å². The summed E-state index contributed by atoms with van der Waals surface area (Å²) in [7, 11) is 4.57. The summed E-state index contributed by atoms with van der Waals surface area (Å²) in [6, 6.07) is 3.31. The zero-order valence-corrected chi connectivity index (χ0v) is 11.4. The molecule has 6 heteroatoms. The van der Waals surface area contributed by atoms with Crippen molar-refractivity contribution in [1.82, 2.24) is 0 Å². The number of ether oxygens (including phenoxy) is 4. The first-order valence-electron chi connectivity index (χ1n) is 5.33. The second-order valence-electron chi connectivity index (χ2n) is 3.48. The average molecular weight is 277 g/mol. The van der Waals surface area contributed by atoms with Gasteiger partial charge in [0.05, 0.1) is 27.2 Å². The molecule has 0 radical (unpaired) electrons. The fourth-order valence-corrected chi connectivity index (χ4v) is 1.47. The normalized spacial score (nSPS) is 11.8.